The van der Waals surface area contributed by atoms with E-state index in [1.54, 1.807) is 13.2 Å². The third-order valence-electron chi connectivity index (χ3n) is 2.53. The Morgan fingerprint density at radius 2 is 2.21 bits per heavy atom. The predicted molar refractivity (Wildman–Crippen MR) is 77.3 cm³/mol. The van der Waals surface area contributed by atoms with Gasteiger partial charge in [-0.05, 0) is 24.3 Å². The van der Waals surface area contributed by atoms with Gasteiger partial charge in [-0.25, -0.2) is 4.98 Å². The molecule has 3 N–H and O–H groups in total. The van der Waals surface area contributed by atoms with Crippen LogP contribution < -0.4 is 15.8 Å². The summed E-state index contributed by atoms with van der Waals surface area (Å²) in [6.45, 7) is 0. The number of nitrogens with zero attached hydrogens (tertiary/aromatic N) is 2. The Balaban J connectivity index is 2.42. The number of nitrogens with one attached hydrogen (secondary N) is 1. The summed E-state index contributed by atoms with van der Waals surface area (Å²) in [6.07, 6.45) is 1.53. The molecular formula is C13H11BrN4O. The van der Waals surface area contributed by atoms with Gasteiger partial charge in [-0.15, -0.1) is 0 Å². The predicted octanol–water partition coefficient (Wildman–Crippen LogP) is 3.05. The zero-order valence-corrected chi connectivity index (χ0v) is 11.7. The number of hydrogen-bond acceptors (Lipinski definition) is 5. The van der Waals surface area contributed by atoms with Crippen LogP contribution in [-0.4, -0.2) is 12.1 Å². The molecule has 1 heterocycles. The molecule has 0 saturated carbocycles. The van der Waals surface area contributed by atoms with Crippen LogP contribution in [0.1, 0.15) is 5.56 Å². The van der Waals surface area contributed by atoms with E-state index in [2.05, 4.69) is 26.2 Å². The normalized spacial score (nSPS) is 9.74. The van der Waals surface area contributed by atoms with Crippen LogP contribution in [0.15, 0.2) is 34.9 Å². The summed E-state index contributed by atoms with van der Waals surface area (Å²) >= 11 is 3.39. The first-order valence-electron chi connectivity index (χ1n) is 5.41. The lowest BCUT2D eigenvalue weighted by molar-refractivity contribution is 0.416. The molecule has 0 radical (unpaired) electrons. The monoisotopic (exact) mass is 318 g/mol. The van der Waals surface area contributed by atoms with Gasteiger partial charge >= 0.3 is 0 Å². The molecule has 0 amide bonds. The van der Waals surface area contributed by atoms with Crippen LogP contribution in [0.25, 0.3) is 0 Å². The van der Waals surface area contributed by atoms with Crippen LogP contribution in [0.2, 0.25) is 0 Å². The Labute approximate surface area is 119 Å². The second-order valence-electron chi connectivity index (χ2n) is 3.70. The number of aromatic nitrogens is 1. The second kappa shape index (κ2) is 5.59. The summed E-state index contributed by atoms with van der Waals surface area (Å²) in [4.78, 5) is 4.13. The third kappa shape index (κ3) is 2.77. The molecule has 96 valence electrons. The smallest absolute Gasteiger partial charge is 0.155 e. The summed E-state index contributed by atoms with van der Waals surface area (Å²) in [6, 6.07) is 9.11. The molecule has 0 unspecified atom stereocenters. The number of halogens is 1. The standard InChI is InChI=1S/C13H11BrN4O/c1-19-11-3-2-9(14)6-10(11)18-13-12(16)8(7-15)4-5-17-13/h2-6H,16H2,1H3,(H,17,18). The van der Waals surface area contributed by atoms with E-state index in [1.807, 2.05) is 24.3 Å². The number of pyridine rings is 1. The Bertz CT molecular complexity index is 652. The molecule has 0 aliphatic heterocycles. The van der Waals surface area contributed by atoms with Crippen molar-refractivity contribution in [3.63, 3.8) is 0 Å². The number of anilines is 3. The minimum absolute atomic E-state index is 0.312. The maximum absolute atomic E-state index is 8.94. The average molecular weight is 319 g/mol. The zero-order chi connectivity index (χ0) is 13.8. The molecule has 5 nitrogen and oxygen atoms in total. The van der Waals surface area contributed by atoms with Crippen molar-refractivity contribution >= 4 is 33.1 Å². The Morgan fingerprint density at radius 3 is 2.89 bits per heavy atom. The van der Waals surface area contributed by atoms with Gasteiger partial charge in [-0.3, -0.25) is 0 Å². The van der Waals surface area contributed by atoms with Gasteiger partial charge in [0.25, 0.3) is 0 Å². The Kier molecular flexibility index (Phi) is 3.88. The molecule has 0 saturated heterocycles. The lowest BCUT2D eigenvalue weighted by Crippen LogP contribution is -2.02. The molecule has 0 fully saturated rings. The zero-order valence-electron chi connectivity index (χ0n) is 10.1. The van der Waals surface area contributed by atoms with E-state index in [0.29, 0.717) is 28.5 Å². The highest BCUT2D eigenvalue weighted by Gasteiger charge is 2.09. The number of nitriles is 1. The summed E-state index contributed by atoms with van der Waals surface area (Å²) in [5.74, 6) is 1.09. The molecule has 1 aromatic heterocycles. The van der Waals surface area contributed by atoms with E-state index in [0.717, 1.165) is 4.47 Å². The van der Waals surface area contributed by atoms with Crippen LogP contribution in [0.5, 0.6) is 5.75 Å². The first kappa shape index (κ1) is 13.2. The molecule has 19 heavy (non-hydrogen) atoms. The molecule has 6 heteroatoms. The highest BCUT2D eigenvalue weighted by atomic mass is 79.9. The van der Waals surface area contributed by atoms with E-state index in [-0.39, 0.29) is 0 Å². The van der Waals surface area contributed by atoms with Crippen molar-refractivity contribution in [2.24, 2.45) is 0 Å². The summed E-state index contributed by atoms with van der Waals surface area (Å²) in [7, 11) is 1.58. The Morgan fingerprint density at radius 1 is 1.42 bits per heavy atom. The van der Waals surface area contributed by atoms with Gasteiger partial charge in [0.05, 0.1) is 24.0 Å². The minimum atomic E-state index is 0.312. The summed E-state index contributed by atoms with van der Waals surface area (Å²) in [5.41, 5.74) is 7.28. The molecule has 1 aromatic carbocycles. The molecule has 0 bridgehead atoms. The number of benzene rings is 1. The lowest BCUT2D eigenvalue weighted by atomic mass is 10.2. The third-order valence-corrected chi connectivity index (χ3v) is 3.02. The van der Waals surface area contributed by atoms with E-state index in [9.17, 15) is 0 Å². The molecule has 2 aromatic rings. The first-order valence-corrected chi connectivity index (χ1v) is 6.20. The number of rotatable bonds is 3. The van der Waals surface area contributed by atoms with Gasteiger partial charge in [0.1, 0.15) is 11.8 Å². The van der Waals surface area contributed by atoms with E-state index >= 15 is 0 Å². The molecule has 0 aliphatic carbocycles. The fourth-order valence-corrected chi connectivity index (χ4v) is 1.94. The minimum Gasteiger partial charge on any atom is -0.495 e. The number of methoxy groups -OCH3 is 1. The van der Waals surface area contributed by atoms with Crippen LogP contribution >= 0.6 is 15.9 Å². The maximum Gasteiger partial charge on any atom is 0.155 e. The lowest BCUT2D eigenvalue weighted by Gasteiger charge is -2.12. The van der Waals surface area contributed by atoms with Crippen molar-refractivity contribution < 1.29 is 4.74 Å². The highest BCUT2D eigenvalue weighted by molar-refractivity contribution is 9.10. The second-order valence-corrected chi connectivity index (χ2v) is 4.62. The van der Waals surface area contributed by atoms with Crippen molar-refractivity contribution in [1.82, 2.24) is 4.98 Å². The highest BCUT2D eigenvalue weighted by Crippen LogP contribution is 2.32. The van der Waals surface area contributed by atoms with Crippen molar-refractivity contribution in [1.29, 1.82) is 5.26 Å². The van der Waals surface area contributed by atoms with Crippen molar-refractivity contribution in [3.05, 3.63) is 40.5 Å². The van der Waals surface area contributed by atoms with E-state index < -0.39 is 0 Å². The topological polar surface area (TPSA) is 84.0 Å². The first-order chi connectivity index (χ1) is 9.15. The van der Waals surface area contributed by atoms with Gasteiger partial charge in [0.15, 0.2) is 5.82 Å². The van der Waals surface area contributed by atoms with Crippen molar-refractivity contribution in [2.75, 3.05) is 18.2 Å². The fraction of sp³-hybridized carbons (Fsp3) is 0.0769. The van der Waals surface area contributed by atoms with Crippen LogP contribution in [0.3, 0.4) is 0 Å². The van der Waals surface area contributed by atoms with Crippen molar-refractivity contribution in [3.8, 4) is 11.8 Å². The Hall–Kier alpha value is -2.26. The molecule has 0 aliphatic rings. The SMILES string of the molecule is COc1ccc(Br)cc1Nc1nccc(C#N)c1N. The van der Waals surface area contributed by atoms with Gasteiger partial charge in [-0.2, -0.15) is 5.26 Å². The molecular weight excluding hydrogens is 308 g/mol. The average Bonchev–Trinajstić information content (AvgIpc) is 2.41. The van der Waals surface area contributed by atoms with Crippen LogP contribution in [0.4, 0.5) is 17.2 Å². The summed E-state index contributed by atoms with van der Waals surface area (Å²) in [5, 5.41) is 12.0. The number of ether oxygens (including phenoxy) is 1. The largest absolute Gasteiger partial charge is 0.495 e. The van der Waals surface area contributed by atoms with E-state index in [4.69, 9.17) is 15.7 Å². The molecule has 2 rings (SSSR count). The van der Waals surface area contributed by atoms with Gasteiger partial charge in [0.2, 0.25) is 0 Å². The maximum atomic E-state index is 8.94. The van der Waals surface area contributed by atoms with Crippen LogP contribution in [-0.2, 0) is 0 Å². The number of hydrogen-bond donors (Lipinski definition) is 2. The molecule has 0 atom stereocenters. The fourth-order valence-electron chi connectivity index (χ4n) is 1.58. The quantitative estimate of drug-likeness (QED) is 0.908. The number of nitrogen functional groups attached to an aromatic ring is 1. The van der Waals surface area contributed by atoms with Crippen LogP contribution in [0, 0.1) is 11.3 Å². The van der Waals surface area contributed by atoms with Gasteiger partial charge < -0.3 is 15.8 Å². The van der Waals surface area contributed by atoms with Gasteiger partial charge in [0, 0.05) is 10.7 Å². The van der Waals surface area contributed by atoms with Gasteiger partial charge in [-0.1, -0.05) is 15.9 Å². The summed E-state index contributed by atoms with van der Waals surface area (Å²) < 4.78 is 6.15. The molecule has 0 spiro atoms. The van der Waals surface area contributed by atoms with E-state index in [1.165, 1.54) is 6.20 Å². The number of nitrogens with two attached hydrogens (primary N) is 1. The van der Waals surface area contributed by atoms with Crippen molar-refractivity contribution in [2.45, 2.75) is 0 Å².